The fourth-order valence-corrected chi connectivity index (χ4v) is 6.03. The number of unbranched alkanes of at least 4 members (excludes halogenated alkanes) is 9. The average molecular weight is 499 g/mol. The molecule has 0 radical (unpaired) electrons. The highest BCUT2D eigenvalue weighted by molar-refractivity contribution is 5.36. The van der Waals surface area contributed by atoms with Crippen LogP contribution in [0.25, 0.3) is 0 Å². The topological polar surface area (TPSA) is 61.8 Å². The summed E-state index contributed by atoms with van der Waals surface area (Å²) >= 11 is 0. The van der Waals surface area contributed by atoms with Crippen LogP contribution in [-0.4, -0.2) is 60.9 Å². The number of aliphatic hydroxyl groups is 1. The Morgan fingerprint density at radius 1 is 0.722 bits per heavy atom. The van der Waals surface area contributed by atoms with Crippen LogP contribution < -0.4 is 5.32 Å². The fraction of sp³-hybridized carbons (Fsp3) is 0.710. The highest BCUT2D eigenvalue weighted by Gasteiger charge is 2.44. The molecule has 0 aromatic carbocycles. The molecule has 36 heavy (non-hydrogen) atoms. The van der Waals surface area contributed by atoms with Crippen molar-refractivity contribution >= 4 is 6.47 Å². The molecule has 1 saturated heterocycles. The maximum atomic E-state index is 10.3. The van der Waals surface area contributed by atoms with E-state index in [1.165, 1.54) is 51.4 Å². The second kappa shape index (κ2) is 17.7. The summed E-state index contributed by atoms with van der Waals surface area (Å²) in [5, 5.41) is 13.8. The van der Waals surface area contributed by atoms with Gasteiger partial charge < -0.3 is 15.2 Å². The van der Waals surface area contributed by atoms with Gasteiger partial charge in [-0.05, 0) is 51.7 Å². The zero-order valence-electron chi connectivity index (χ0n) is 22.3. The number of hydrogen-bond donors (Lipinski definition) is 2. The zero-order valence-corrected chi connectivity index (χ0v) is 22.3. The number of fused-ring (bicyclic) bond motifs is 3. The molecule has 0 aromatic rings. The van der Waals surface area contributed by atoms with Crippen molar-refractivity contribution in [1.29, 1.82) is 0 Å². The van der Waals surface area contributed by atoms with E-state index in [-0.39, 0.29) is 6.10 Å². The Labute approximate surface area is 219 Å². The van der Waals surface area contributed by atoms with E-state index < -0.39 is 0 Å². The van der Waals surface area contributed by atoms with Gasteiger partial charge in [0.15, 0.2) is 0 Å². The molecule has 1 aliphatic heterocycles. The number of carbonyl (C=O) groups is 1. The quantitative estimate of drug-likeness (QED) is 0.157. The highest BCUT2D eigenvalue weighted by Crippen LogP contribution is 2.41. The molecule has 1 fully saturated rings. The standard InChI is InChI=1S/C31H50N2O3/c34-26-36-25-15-7-5-3-1-2-4-6-8-16-27(35)21-23-32-22-13-14-24-33-30-19-11-9-17-28(30)29-18-10-12-20-31(29)33/h9-12,17-20,26-32,35H,1-8,13-16,21-25H2. The number of rotatable bonds is 21. The molecule has 0 bridgehead atoms. The normalized spacial score (nSPS) is 25.1. The van der Waals surface area contributed by atoms with Gasteiger partial charge in [-0.15, -0.1) is 0 Å². The van der Waals surface area contributed by atoms with E-state index in [9.17, 15) is 9.90 Å². The van der Waals surface area contributed by atoms with Gasteiger partial charge in [0, 0.05) is 23.9 Å². The van der Waals surface area contributed by atoms with E-state index in [4.69, 9.17) is 4.74 Å². The van der Waals surface area contributed by atoms with E-state index in [1.807, 2.05) is 0 Å². The van der Waals surface area contributed by atoms with Gasteiger partial charge in [0.05, 0.1) is 12.7 Å². The first-order chi connectivity index (χ1) is 17.8. The molecule has 5 nitrogen and oxygen atoms in total. The van der Waals surface area contributed by atoms with Crippen LogP contribution in [0.1, 0.15) is 83.5 Å². The third-order valence-corrected chi connectivity index (χ3v) is 8.05. The molecule has 0 spiro atoms. The summed E-state index contributed by atoms with van der Waals surface area (Å²) < 4.78 is 4.70. The predicted molar refractivity (Wildman–Crippen MR) is 149 cm³/mol. The van der Waals surface area contributed by atoms with Crippen LogP contribution in [0.5, 0.6) is 0 Å². The van der Waals surface area contributed by atoms with Crippen LogP contribution in [0, 0.1) is 11.8 Å². The van der Waals surface area contributed by atoms with Crippen LogP contribution in [0.2, 0.25) is 0 Å². The van der Waals surface area contributed by atoms with Crippen LogP contribution in [0.15, 0.2) is 48.6 Å². The van der Waals surface area contributed by atoms with Crippen molar-refractivity contribution in [3.05, 3.63) is 48.6 Å². The Morgan fingerprint density at radius 2 is 1.31 bits per heavy atom. The van der Waals surface area contributed by atoms with Crippen molar-refractivity contribution in [2.24, 2.45) is 11.8 Å². The Bertz CT molecular complexity index is 683. The Hall–Kier alpha value is -1.69. The number of nitrogens with zero attached hydrogens (tertiary/aromatic N) is 1. The number of ether oxygens (including phenoxy) is 1. The summed E-state index contributed by atoms with van der Waals surface area (Å²) in [7, 11) is 0. The summed E-state index contributed by atoms with van der Waals surface area (Å²) in [5.41, 5.74) is 0. The number of aliphatic hydroxyl groups excluding tert-OH is 1. The predicted octanol–water partition coefficient (Wildman–Crippen LogP) is 5.72. The average Bonchev–Trinajstić information content (AvgIpc) is 3.22. The SMILES string of the molecule is O=COCCCCCCCCCCCC(O)CCNCCCCN1C2C=CC=CC2C2C=CC=CC21. The van der Waals surface area contributed by atoms with Crippen LogP contribution in [0.4, 0.5) is 0 Å². The molecule has 5 atom stereocenters. The van der Waals surface area contributed by atoms with Gasteiger partial charge in [0.25, 0.3) is 6.47 Å². The van der Waals surface area contributed by atoms with Crippen LogP contribution in [-0.2, 0) is 9.53 Å². The third kappa shape index (κ3) is 9.99. The fourth-order valence-electron chi connectivity index (χ4n) is 6.03. The molecule has 0 amide bonds. The highest BCUT2D eigenvalue weighted by atomic mass is 16.5. The van der Waals surface area contributed by atoms with Gasteiger partial charge in [0.1, 0.15) is 0 Å². The van der Waals surface area contributed by atoms with Gasteiger partial charge in [-0.25, -0.2) is 0 Å². The Morgan fingerprint density at radius 3 is 1.94 bits per heavy atom. The minimum atomic E-state index is -0.165. The summed E-state index contributed by atoms with van der Waals surface area (Å²) in [5.74, 6) is 1.24. The van der Waals surface area contributed by atoms with E-state index >= 15 is 0 Å². The van der Waals surface area contributed by atoms with Crippen molar-refractivity contribution in [3.8, 4) is 0 Å². The first-order valence-corrected chi connectivity index (χ1v) is 14.7. The lowest BCUT2D eigenvalue weighted by Crippen LogP contribution is -2.37. The van der Waals surface area contributed by atoms with Gasteiger partial charge in [-0.2, -0.15) is 0 Å². The monoisotopic (exact) mass is 498 g/mol. The van der Waals surface area contributed by atoms with Gasteiger partial charge in [-0.1, -0.05) is 100.0 Å². The molecular weight excluding hydrogens is 448 g/mol. The first-order valence-electron chi connectivity index (χ1n) is 14.7. The minimum Gasteiger partial charge on any atom is -0.468 e. The molecule has 2 aliphatic carbocycles. The number of likely N-dealkylation sites (tertiary alicyclic amines) is 1. The number of hydrogen-bond acceptors (Lipinski definition) is 5. The van der Waals surface area contributed by atoms with Gasteiger partial charge in [0.2, 0.25) is 0 Å². The van der Waals surface area contributed by atoms with Crippen molar-refractivity contribution in [3.63, 3.8) is 0 Å². The van der Waals surface area contributed by atoms with Gasteiger partial charge in [-0.3, -0.25) is 9.69 Å². The second-order valence-electron chi connectivity index (χ2n) is 10.8. The summed E-state index contributed by atoms with van der Waals surface area (Å²) in [6.45, 7) is 4.21. The zero-order chi connectivity index (χ0) is 25.3. The smallest absolute Gasteiger partial charge is 0.293 e. The number of carbonyl (C=O) groups excluding carboxylic acids is 1. The van der Waals surface area contributed by atoms with Crippen LogP contribution >= 0.6 is 0 Å². The maximum absolute atomic E-state index is 10.3. The van der Waals surface area contributed by atoms with Gasteiger partial charge >= 0.3 is 0 Å². The molecule has 0 saturated carbocycles. The number of allylic oxidation sites excluding steroid dienone is 4. The summed E-state index contributed by atoms with van der Waals surface area (Å²) in [6, 6.07) is 1.09. The summed E-state index contributed by atoms with van der Waals surface area (Å²) in [4.78, 5) is 12.8. The van der Waals surface area contributed by atoms with Crippen LogP contribution in [0.3, 0.4) is 0 Å². The second-order valence-corrected chi connectivity index (χ2v) is 10.8. The Balaban J connectivity index is 1.11. The lowest BCUT2D eigenvalue weighted by atomic mass is 9.83. The molecule has 202 valence electrons. The molecule has 5 heteroatoms. The maximum Gasteiger partial charge on any atom is 0.293 e. The first kappa shape index (κ1) is 28.9. The van der Waals surface area contributed by atoms with E-state index in [1.54, 1.807) is 0 Å². The molecule has 3 aliphatic rings. The lowest BCUT2D eigenvalue weighted by Gasteiger charge is -2.29. The van der Waals surface area contributed by atoms with E-state index in [2.05, 4.69) is 58.8 Å². The third-order valence-electron chi connectivity index (χ3n) is 8.05. The van der Waals surface area contributed by atoms with Crippen molar-refractivity contribution in [1.82, 2.24) is 10.2 Å². The molecule has 5 unspecified atom stereocenters. The largest absolute Gasteiger partial charge is 0.468 e. The number of nitrogens with one attached hydrogen (secondary N) is 1. The molecule has 1 heterocycles. The lowest BCUT2D eigenvalue weighted by molar-refractivity contribution is -0.128. The van der Waals surface area contributed by atoms with Crippen molar-refractivity contribution in [2.45, 2.75) is 102 Å². The summed E-state index contributed by atoms with van der Waals surface area (Å²) in [6.07, 6.45) is 33.4. The minimum absolute atomic E-state index is 0.165. The van der Waals surface area contributed by atoms with E-state index in [0.717, 1.165) is 51.7 Å². The Kier molecular flexibility index (Phi) is 14.2. The molecule has 3 rings (SSSR count). The van der Waals surface area contributed by atoms with E-state index in [0.29, 0.717) is 37.0 Å². The molecular formula is C31H50N2O3. The van der Waals surface area contributed by atoms with Crippen molar-refractivity contribution < 1.29 is 14.6 Å². The molecule has 0 aromatic heterocycles. The van der Waals surface area contributed by atoms with Crippen molar-refractivity contribution in [2.75, 3.05) is 26.2 Å². The molecule has 2 N–H and O–H groups in total.